The van der Waals surface area contributed by atoms with Gasteiger partial charge in [0, 0.05) is 10.1 Å². The Balaban J connectivity index is 2.34. The maximum Gasteiger partial charge on any atom is 0.0385 e. The van der Waals surface area contributed by atoms with Crippen LogP contribution in [0.5, 0.6) is 0 Å². The Morgan fingerprint density at radius 3 is 3.13 bits per heavy atom. The van der Waals surface area contributed by atoms with Crippen LogP contribution in [-0.2, 0) is 0 Å². The fourth-order valence-electron chi connectivity index (χ4n) is 2.19. The summed E-state index contributed by atoms with van der Waals surface area (Å²) in [4.78, 5) is 1.39. The van der Waals surface area contributed by atoms with Gasteiger partial charge in [0.1, 0.15) is 0 Å². The summed E-state index contributed by atoms with van der Waals surface area (Å²) in [7, 11) is 0. The van der Waals surface area contributed by atoms with Gasteiger partial charge in [-0.2, -0.15) is 0 Å². The highest BCUT2D eigenvalue weighted by molar-refractivity contribution is 8.00. The van der Waals surface area contributed by atoms with Crippen LogP contribution in [0, 0.1) is 0 Å². The summed E-state index contributed by atoms with van der Waals surface area (Å²) in [5.74, 6) is 0. The Morgan fingerprint density at radius 1 is 1.27 bits per heavy atom. The second-order valence-electron chi connectivity index (χ2n) is 3.88. The van der Waals surface area contributed by atoms with Crippen LogP contribution in [-0.4, -0.2) is 5.25 Å². The lowest BCUT2D eigenvalue weighted by Crippen LogP contribution is -2.25. The van der Waals surface area contributed by atoms with Crippen molar-refractivity contribution in [3.05, 3.63) is 52.9 Å². The molecule has 74 valence electrons. The zero-order valence-corrected chi connectivity index (χ0v) is 9.26. The van der Waals surface area contributed by atoms with Crippen molar-refractivity contribution < 1.29 is 0 Å². The lowest BCUT2D eigenvalue weighted by Gasteiger charge is -2.06. The highest BCUT2D eigenvalue weighted by Crippen LogP contribution is 2.35. The predicted molar refractivity (Wildman–Crippen MR) is 67.2 cm³/mol. The first kappa shape index (κ1) is 9.05. The van der Waals surface area contributed by atoms with Crippen LogP contribution in [0.25, 0.3) is 12.2 Å². The van der Waals surface area contributed by atoms with Crippen molar-refractivity contribution in [2.75, 3.05) is 0 Å². The third-order valence-corrected chi connectivity index (χ3v) is 4.22. The summed E-state index contributed by atoms with van der Waals surface area (Å²) in [5, 5.41) is 3.12. The maximum absolute atomic E-state index is 4.13. The van der Waals surface area contributed by atoms with E-state index in [2.05, 4.69) is 49.1 Å². The molecule has 1 atom stereocenters. The molecule has 0 aromatic heterocycles. The van der Waals surface area contributed by atoms with E-state index in [0.717, 1.165) is 11.6 Å². The van der Waals surface area contributed by atoms with Gasteiger partial charge in [-0.25, -0.2) is 0 Å². The molecule has 1 aromatic rings. The van der Waals surface area contributed by atoms with Gasteiger partial charge < -0.3 is 0 Å². The van der Waals surface area contributed by atoms with E-state index in [1.165, 1.54) is 15.7 Å². The maximum atomic E-state index is 4.13. The molecule has 1 aliphatic carbocycles. The summed E-state index contributed by atoms with van der Waals surface area (Å²) in [6.07, 6.45) is 9.88. The van der Waals surface area contributed by atoms with Gasteiger partial charge >= 0.3 is 0 Å². The number of rotatable bonds is 0. The summed E-state index contributed by atoms with van der Waals surface area (Å²) >= 11 is 1.97. The smallest absolute Gasteiger partial charge is 0.0385 e. The molecule has 1 aliphatic heterocycles. The highest BCUT2D eigenvalue weighted by atomic mass is 32.2. The quantitative estimate of drug-likeness (QED) is 0.635. The number of allylic oxidation sites excluding steroid dienone is 4. The molecule has 1 heteroatoms. The topological polar surface area (TPSA) is 0 Å². The van der Waals surface area contributed by atoms with Crippen molar-refractivity contribution in [3.8, 4) is 0 Å². The van der Waals surface area contributed by atoms with Gasteiger partial charge in [-0.05, 0) is 28.5 Å². The van der Waals surface area contributed by atoms with E-state index in [9.17, 15) is 0 Å². The van der Waals surface area contributed by atoms with Gasteiger partial charge in [0.05, 0.1) is 0 Å². The van der Waals surface area contributed by atoms with Crippen LogP contribution < -0.4 is 10.4 Å². The molecule has 0 bridgehead atoms. The molecule has 15 heavy (non-hydrogen) atoms. The molecule has 3 rings (SSSR count). The molecule has 0 saturated heterocycles. The Bertz CT molecular complexity index is 563. The van der Waals surface area contributed by atoms with E-state index in [4.69, 9.17) is 0 Å². The first-order valence-corrected chi connectivity index (χ1v) is 6.06. The molecule has 0 saturated carbocycles. The minimum absolute atomic E-state index is 0.595. The minimum Gasteiger partial charge on any atom is -0.117 e. The van der Waals surface area contributed by atoms with Gasteiger partial charge in [0.2, 0.25) is 0 Å². The standard InChI is InChI=1S/C14H12S/c1-10-6-5-9-13-14(10)11-7-3-2-4-8-12(11)15-13/h2-7,9,12H,1,8H2. The zero-order valence-electron chi connectivity index (χ0n) is 8.44. The van der Waals surface area contributed by atoms with Crippen LogP contribution in [0.4, 0.5) is 0 Å². The molecule has 0 nitrogen and oxygen atoms in total. The molecule has 0 radical (unpaired) electrons. The average Bonchev–Trinajstić information content (AvgIpc) is 2.43. The van der Waals surface area contributed by atoms with E-state index in [1.807, 2.05) is 11.8 Å². The normalized spacial score (nSPS) is 22.4. The van der Waals surface area contributed by atoms with Gasteiger partial charge in [0.25, 0.3) is 0 Å². The Labute approximate surface area is 93.7 Å². The van der Waals surface area contributed by atoms with Crippen LogP contribution in [0.3, 0.4) is 0 Å². The van der Waals surface area contributed by atoms with E-state index in [-0.39, 0.29) is 0 Å². The summed E-state index contributed by atoms with van der Waals surface area (Å²) < 4.78 is 0. The van der Waals surface area contributed by atoms with E-state index in [1.54, 1.807) is 0 Å². The Kier molecular flexibility index (Phi) is 2.06. The number of benzene rings is 1. The van der Waals surface area contributed by atoms with Crippen LogP contribution in [0.2, 0.25) is 0 Å². The monoisotopic (exact) mass is 212 g/mol. The Hall–Kier alpha value is -1.21. The van der Waals surface area contributed by atoms with Crippen molar-refractivity contribution in [2.24, 2.45) is 0 Å². The molecule has 0 amide bonds. The van der Waals surface area contributed by atoms with Crippen LogP contribution >= 0.6 is 11.8 Å². The molecular weight excluding hydrogens is 200 g/mol. The number of hydrogen-bond acceptors (Lipinski definition) is 1. The second-order valence-corrected chi connectivity index (χ2v) is 5.12. The summed E-state index contributed by atoms with van der Waals surface area (Å²) in [6.45, 7) is 4.13. The van der Waals surface area contributed by atoms with E-state index in [0.29, 0.717) is 5.25 Å². The summed E-state index contributed by atoms with van der Waals surface area (Å²) in [6, 6.07) is 6.40. The van der Waals surface area contributed by atoms with Crippen molar-refractivity contribution in [2.45, 2.75) is 16.6 Å². The van der Waals surface area contributed by atoms with Crippen molar-refractivity contribution in [3.63, 3.8) is 0 Å². The molecule has 1 heterocycles. The first-order chi connectivity index (χ1) is 7.36. The lowest BCUT2D eigenvalue weighted by atomic mass is 10.1. The largest absolute Gasteiger partial charge is 0.117 e. The fourth-order valence-corrected chi connectivity index (χ4v) is 3.55. The van der Waals surface area contributed by atoms with Crippen molar-refractivity contribution >= 4 is 23.9 Å². The summed E-state index contributed by atoms with van der Waals surface area (Å²) in [5.41, 5.74) is 1.45. The van der Waals surface area contributed by atoms with Crippen LogP contribution in [0.15, 0.2) is 47.4 Å². The molecule has 0 fully saturated rings. The highest BCUT2D eigenvalue weighted by Gasteiger charge is 2.22. The molecule has 0 N–H and O–H groups in total. The molecule has 2 aliphatic rings. The zero-order chi connectivity index (χ0) is 10.3. The van der Waals surface area contributed by atoms with Crippen LogP contribution in [0.1, 0.15) is 6.42 Å². The minimum atomic E-state index is 0.595. The van der Waals surface area contributed by atoms with Gasteiger partial charge in [0.15, 0.2) is 0 Å². The molecule has 1 aromatic carbocycles. The first-order valence-electron chi connectivity index (χ1n) is 5.18. The van der Waals surface area contributed by atoms with Gasteiger partial charge in [-0.15, -0.1) is 11.8 Å². The molecular formula is C14H12S. The number of hydrogen-bond donors (Lipinski definition) is 0. The predicted octanol–water partition coefficient (Wildman–Crippen LogP) is 2.24. The van der Waals surface area contributed by atoms with Gasteiger partial charge in [-0.3, -0.25) is 0 Å². The third-order valence-electron chi connectivity index (χ3n) is 2.89. The van der Waals surface area contributed by atoms with Crippen molar-refractivity contribution in [1.29, 1.82) is 0 Å². The number of fused-ring (bicyclic) bond motifs is 2. The molecule has 1 unspecified atom stereocenters. The van der Waals surface area contributed by atoms with Gasteiger partial charge in [-0.1, -0.05) is 43.0 Å². The number of thioether (sulfide) groups is 1. The average molecular weight is 212 g/mol. The van der Waals surface area contributed by atoms with E-state index < -0.39 is 0 Å². The Morgan fingerprint density at radius 2 is 2.20 bits per heavy atom. The fraction of sp³-hybridized carbons (Fsp3) is 0.143. The SMILES string of the molecule is C=c1cccc2c1=C1C=CC=CCC1S2. The second kappa shape index (κ2) is 3.42. The molecule has 0 spiro atoms. The third kappa shape index (κ3) is 1.38. The lowest BCUT2D eigenvalue weighted by molar-refractivity contribution is 1.11. The van der Waals surface area contributed by atoms with E-state index >= 15 is 0 Å². The van der Waals surface area contributed by atoms with Crippen molar-refractivity contribution in [1.82, 2.24) is 0 Å².